The summed E-state index contributed by atoms with van der Waals surface area (Å²) >= 11 is 5.92. The van der Waals surface area contributed by atoms with Crippen molar-refractivity contribution in [2.24, 2.45) is 0 Å². The Morgan fingerprint density at radius 1 is 1.15 bits per heavy atom. The van der Waals surface area contributed by atoms with E-state index in [0.29, 0.717) is 12.1 Å². The van der Waals surface area contributed by atoms with Gasteiger partial charge in [0.1, 0.15) is 0 Å². The Hall–Kier alpha value is -0.570. The molecule has 1 N–H and O–H groups in total. The van der Waals surface area contributed by atoms with Crippen molar-refractivity contribution in [3.05, 3.63) is 34.9 Å². The molecule has 1 aromatic carbocycles. The number of rotatable bonds is 5. The zero-order valence-electron chi connectivity index (χ0n) is 12.0. The maximum atomic E-state index is 5.92. The van der Waals surface area contributed by atoms with E-state index in [9.17, 15) is 0 Å². The molecule has 3 rings (SSSR count). The molecule has 1 aliphatic carbocycles. The van der Waals surface area contributed by atoms with Gasteiger partial charge in [0, 0.05) is 17.7 Å². The van der Waals surface area contributed by atoms with Crippen LogP contribution in [-0.4, -0.2) is 25.3 Å². The number of hydrogen-bond donors (Lipinski definition) is 1. The van der Waals surface area contributed by atoms with E-state index >= 15 is 0 Å². The predicted molar refractivity (Wildman–Crippen MR) is 83.4 cm³/mol. The van der Waals surface area contributed by atoms with Gasteiger partial charge in [0.2, 0.25) is 0 Å². The van der Waals surface area contributed by atoms with Gasteiger partial charge in [-0.3, -0.25) is 0 Å². The highest BCUT2D eigenvalue weighted by molar-refractivity contribution is 6.30. The van der Waals surface area contributed by atoms with E-state index in [2.05, 4.69) is 17.4 Å². The Balaban J connectivity index is 1.33. The van der Waals surface area contributed by atoms with Crippen LogP contribution in [0, 0.1) is 0 Å². The lowest BCUT2D eigenvalue weighted by molar-refractivity contribution is 0.0107. The minimum atomic E-state index is 0.503. The molecule has 2 fully saturated rings. The lowest BCUT2D eigenvalue weighted by atomic mass is 9.76. The minimum absolute atomic E-state index is 0.503. The molecule has 1 aromatic rings. The fraction of sp³-hybridized carbons (Fsp3) is 0.647. The minimum Gasteiger partial charge on any atom is -0.378 e. The highest BCUT2D eigenvalue weighted by Crippen LogP contribution is 2.37. The number of ether oxygens (including phenoxy) is 1. The molecule has 1 aliphatic heterocycles. The number of hydrogen-bond acceptors (Lipinski definition) is 2. The maximum Gasteiger partial charge on any atom is 0.0587 e. The molecule has 20 heavy (non-hydrogen) atoms. The van der Waals surface area contributed by atoms with Crippen molar-refractivity contribution < 1.29 is 4.74 Å². The van der Waals surface area contributed by atoms with Gasteiger partial charge in [-0.2, -0.15) is 0 Å². The van der Waals surface area contributed by atoms with E-state index in [0.717, 1.165) is 24.1 Å². The summed E-state index contributed by atoms with van der Waals surface area (Å²) in [5.41, 5.74) is 1.43. The van der Waals surface area contributed by atoms with Gasteiger partial charge in [-0.05, 0) is 68.7 Å². The molecule has 0 bridgehead atoms. The van der Waals surface area contributed by atoms with Gasteiger partial charge < -0.3 is 10.1 Å². The molecule has 1 saturated heterocycles. The molecule has 2 aliphatic rings. The summed E-state index contributed by atoms with van der Waals surface area (Å²) in [5, 5.41) is 4.50. The molecule has 0 aromatic heterocycles. The quantitative estimate of drug-likeness (QED) is 0.881. The first-order valence-corrected chi connectivity index (χ1v) is 8.29. The molecule has 1 unspecified atom stereocenters. The summed E-state index contributed by atoms with van der Waals surface area (Å²) in [7, 11) is 0. The van der Waals surface area contributed by atoms with Gasteiger partial charge in [-0.25, -0.2) is 0 Å². The number of halogens is 1. The van der Waals surface area contributed by atoms with Crippen molar-refractivity contribution in [1.82, 2.24) is 5.32 Å². The average Bonchev–Trinajstić information content (AvgIpc) is 2.44. The van der Waals surface area contributed by atoms with Crippen LogP contribution in [0.2, 0.25) is 5.02 Å². The molecular weight excluding hydrogens is 270 g/mol. The van der Waals surface area contributed by atoms with Gasteiger partial charge in [0.25, 0.3) is 0 Å². The normalized spacial score (nSPS) is 29.9. The van der Waals surface area contributed by atoms with Crippen LogP contribution in [0.25, 0.3) is 0 Å². The Morgan fingerprint density at radius 3 is 2.65 bits per heavy atom. The van der Waals surface area contributed by atoms with Crippen molar-refractivity contribution in [3.8, 4) is 0 Å². The van der Waals surface area contributed by atoms with E-state index < -0.39 is 0 Å². The fourth-order valence-electron chi connectivity index (χ4n) is 3.28. The molecular formula is C17H24ClNO. The van der Waals surface area contributed by atoms with Crippen LogP contribution < -0.4 is 5.32 Å². The number of nitrogens with one attached hydrogen (secondary N) is 1. The highest BCUT2D eigenvalue weighted by atomic mass is 35.5. The second-order valence-electron chi connectivity index (χ2n) is 6.15. The largest absolute Gasteiger partial charge is 0.378 e. The highest BCUT2D eigenvalue weighted by Gasteiger charge is 2.29. The zero-order valence-corrected chi connectivity index (χ0v) is 12.7. The van der Waals surface area contributed by atoms with E-state index in [1.54, 1.807) is 0 Å². The molecule has 0 amide bonds. The van der Waals surface area contributed by atoms with E-state index in [4.69, 9.17) is 16.3 Å². The Bertz CT molecular complexity index is 408. The summed E-state index contributed by atoms with van der Waals surface area (Å²) in [4.78, 5) is 0. The van der Waals surface area contributed by atoms with Crippen molar-refractivity contribution in [3.63, 3.8) is 0 Å². The van der Waals surface area contributed by atoms with Gasteiger partial charge in [0.05, 0.1) is 6.10 Å². The van der Waals surface area contributed by atoms with Gasteiger partial charge in [-0.1, -0.05) is 23.7 Å². The molecule has 2 nitrogen and oxygen atoms in total. The first-order chi connectivity index (χ1) is 9.81. The molecule has 0 radical (unpaired) electrons. The Kier molecular flexibility index (Phi) is 4.98. The summed E-state index contributed by atoms with van der Waals surface area (Å²) in [6.07, 6.45) is 8.02. The maximum absolute atomic E-state index is 5.92. The third-order valence-electron chi connectivity index (χ3n) is 4.65. The molecule has 1 saturated carbocycles. The fourth-order valence-corrected chi connectivity index (χ4v) is 3.40. The second-order valence-corrected chi connectivity index (χ2v) is 6.58. The monoisotopic (exact) mass is 293 g/mol. The lowest BCUT2D eigenvalue weighted by Gasteiger charge is -2.37. The van der Waals surface area contributed by atoms with Crippen molar-refractivity contribution in [2.75, 3.05) is 13.2 Å². The topological polar surface area (TPSA) is 21.3 Å². The van der Waals surface area contributed by atoms with E-state index in [1.165, 1.54) is 44.1 Å². The SMILES string of the molecule is Clc1ccc(C2CC(NCCC3CCCCO3)C2)cc1. The van der Waals surface area contributed by atoms with Crippen LogP contribution in [0.15, 0.2) is 24.3 Å². The van der Waals surface area contributed by atoms with Crippen LogP contribution in [0.3, 0.4) is 0 Å². The molecule has 1 heterocycles. The average molecular weight is 294 g/mol. The van der Waals surface area contributed by atoms with Crippen molar-refractivity contribution >= 4 is 11.6 Å². The Labute approximate surface area is 126 Å². The number of benzene rings is 1. The van der Waals surface area contributed by atoms with Crippen LogP contribution in [0.5, 0.6) is 0 Å². The predicted octanol–water partition coefficient (Wildman–Crippen LogP) is 4.13. The van der Waals surface area contributed by atoms with Gasteiger partial charge in [0.15, 0.2) is 0 Å². The Morgan fingerprint density at radius 2 is 1.95 bits per heavy atom. The molecule has 0 spiro atoms. The molecule has 3 heteroatoms. The van der Waals surface area contributed by atoms with Crippen molar-refractivity contribution in [2.45, 2.75) is 56.6 Å². The summed E-state index contributed by atoms with van der Waals surface area (Å²) in [6, 6.07) is 9.02. The smallest absolute Gasteiger partial charge is 0.0587 e. The standard InChI is InChI=1S/C17H24ClNO/c18-15-6-4-13(5-7-15)14-11-16(12-14)19-9-8-17-3-1-2-10-20-17/h4-7,14,16-17,19H,1-3,8-12H2. The second kappa shape index (κ2) is 6.93. The van der Waals surface area contributed by atoms with E-state index in [1.807, 2.05) is 12.1 Å². The first-order valence-electron chi connectivity index (χ1n) is 7.92. The summed E-state index contributed by atoms with van der Waals surface area (Å²) in [6.45, 7) is 2.06. The van der Waals surface area contributed by atoms with E-state index in [-0.39, 0.29) is 0 Å². The third kappa shape index (κ3) is 3.75. The first kappa shape index (κ1) is 14.4. The summed E-state index contributed by atoms with van der Waals surface area (Å²) < 4.78 is 5.76. The van der Waals surface area contributed by atoms with Crippen LogP contribution in [0.4, 0.5) is 0 Å². The molecule has 110 valence electrons. The zero-order chi connectivity index (χ0) is 13.8. The third-order valence-corrected chi connectivity index (χ3v) is 4.90. The van der Waals surface area contributed by atoms with Gasteiger partial charge in [-0.15, -0.1) is 0 Å². The van der Waals surface area contributed by atoms with Crippen LogP contribution >= 0.6 is 11.6 Å². The van der Waals surface area contributed by atoms with Crippen molar-refractivity contribution in [1.29, 1.82) is 0 Å². The lowest BCUT2D eigenvalue weighted by Crippen LogP contribution is -2.41. The van der Waals surface area contributed by atoms with Crippen LogP contribution in [0.1, 0.15) is 50.0 Å². The van der Waals surface area contributed by atoms with Gasteiger partial charge >= 0.3 is 0 Å². The molecule has 1 atom stereocenters. The van der Waals surface area contributed by atoms with Crippen LogP contribution in [-0.2, 0) is 4.74 Å². The summed E-state index contributed by atoms with van der Waals surface area (Å²) in [5.74, 6) is 0.718.